The van der Waals surface area contributed by atoms with Crippen LogP contribution in [0, 0.1) is 18.5 Å². The number of para-hydroxylation sites is 5. The first kappa shape index (κ1) is 34.1. The summed E-state index contributed by atoms with van der Waals surface area (Å²) in [6, 6.07) is 60.6. The summed E-state index contributed by atoms with van der Waals surface area (Å²) in [6.07, 6.45) is 4.90. The Hall–Kier alpha value is -6.75. The number of benzene rings is 7. The normalized spacial score (nSPS) is 12.8. The molecule has 4 heterocycles. The average Bonchev–Trinajstić information content (AvgIpc) is 3.95. The molecule has 0 saturated heterocycles. The molecule has 11 rings (SSSR count). The summed E-state index contributed by atoms with van der Waals surface area (Å²) in [5, 5.41) is 4.48. The van der Waals surface area contributed by atoms with E-state index in [1.54, 1.807) is 10.6 Å². The van der Waals surface area contributed by atoms with Gasteiger partial charge in [-0.15, -0.1) is 29.7 Å². The van der Waals surface area contributed by atoms with Gasteiger partial charge in [-0.3, -0.25) is 0 Å². The maximum absolute atomic E-state index is 8.10. The van der Waals surface area contributed by atoms with Crippen LogP contribution in [-0.2, 0) is 33.5 Å². The largest absolute Gasteiger partial charge is 0.510 e. The van der Waals surface area contributed by atoms with Crippen molar-refractivity contribution in [1.82, 2.24) is 18.7 Å². The van der Waals surface area contributed by atoms with E-state index in [2.05, 4.69) is 158 Å². The van der Waals surface area contributed by atoms with E-state index in [0.717, 1.165) is 55.5 Å². The van der Waals surface area contributed by atoms with Crippen molar-refractivity contribution < 1.29 is 34.5 Å². The Morgan fingerprint density at radius 2 is 1.38 bits per heavy atom. The van der Waals surface area contributed by atoms with Crippen molar-refractivity contribution in [2.24, 2.45) is 6.98 Å². The predicted octanol–water partition coefficient (Wildman–Crippen LogP) is 12.2. The number of hydrogen-bond donors (Lipinski definition) is 0. The number of hydrogen-bond acceptors (Lipinski definition) is 2. The van der Waals surface area contributed by atoms with Gasteiger partial charge >= 0.3 is 0 Å². The molecule has 0 aliphatic carbocycles. The Bertz CT molecular complexity index is 3540. The van der Waals surface area contributed by atoms with Crippen molar-refractivity contribution in [3.63, 3.8) is 0 Å². The second-order valence-corrected chi connectivity index (χ2v) is 16.0. The molecule has 7 aromatic carbocycles. The van der Waals surface area contributed by atoms with Gasteiger partial charge in [0, 0.05) is 66.3 Å². The Kier molecular flexibility index (Phi) is 8.26. The van der Waals surface area contributed by atoms with E-state index in [-0.39, 0.29) is 26.5 Å². The van der Waals surface area contributed by atoms with Crippen LogP contribution in [0.3, 0.4) is 0 Å². The van der Waals surface area contributed by atoms with Crippen LogP contribution < -0.4 is 9.30 Å². The maximum Gasteiger partial charge on any atom is 0.242 e. The molecule has 11 aromatic rings. The zero-order valence-corrected chi connectivity index (χ0v) is 35.3. The SMILES string of the molecule is [2H]C([2H])([2H])[n+]1[c-]n(-c2[c-]c(Oc3[c-]c4c(cc3)c3cc(-c5cccc6c7ccccc7n(-c7ccccc7)c56)ccc3n4-c3cc(C(C)(C)C)ccn3)ccc2)c2ccccc21.[Pt]. The third kappa shape index (κ3) is 6.13. The quantitative estimate of drug-likeness (QED) is 0.123. The van der Waals surface area contributed by atoms with E-state index < -0.39 is 6.98 Å². The average molecular weight is 960 g/mol. The first-order chi connectivity index (χ1) is 30.0. The molecule has 0 spiro atoms. The van der Waals surface area contributed by atoms with Crippen LogP contribution in [0.15, 0.2) is 164 Å². The topological polar surface area (TPSA) is 40.8 Å². The third-order valence-corrected chi connectivity index (χ3v) is 11.3. The van der Waals surface area contributed by atoms with Crippen molar-refractivity contribution in [1.29, 1.82) is 0 Å². The smallest absolute Gasteiger partial charge is 0.242 e. The van der Waals surface area contributed by atoms with Gasteiger partial charge in [0.25, 0.3) is 0 Å². The van der Waals surface area contributed by atoms with Crippen LogP contribution in [0.4, 0.5) is 0 Å². The minimum absolute atomic E-state index is 0. The predicted molar refractivity (Wildman–Crippen MR) is 238 cm³/mol. The number of rotatable bonds is 6. The van der Waals surface area contributed by atoms with Gasteiger partial charge < -0.3 is 23.0 Å². The number of pyridine rings is 1. The summed E-state index contributed by atoms with van der Waals surface area (Å²) in [4.78, 5) is 4.93. The molecular formula is C53H39N5OPt-2. The number of ether oxygens (including phenoxy) is 1. The van der Waals surface area contributed by atoms with Crippen molar-refractivity contribution in [3.8, 4) is 39.8 Å². The summed E-state index contributed by atoms with van der Waals surface area (Å²) < 4.78 is 38.3. The van der Waals surface area contributed by atoms with Crippen molar-refractivity contribution in [3.05, 3.63) is 188 Å². The summed E-state index contributed by atoms with van der Waals surface area (Å²) >= 11 is 0. The molecule has 0 unspecified atom stereocenters. The fourth-order valence-corrected chi connectivity index (χ4v) is 8.47. The monoisotopic (exact) mass is 959 g/mol. The summed E-state index contributed by atoms with van der Waals surface area (Å²) in [7, 11) is 0. The Morgan fingerprint density at radius 1 is 0.633 bits per heavy atom. The van der Waals surface area contributed by atoms with Gasteiger partial charge in [-0.25, -0.2) is 4.98 Å². The van der Waals surface area contributed by atoms with Crippen molar-refractivity contribution in [2.45, 2.75) is 26.2 Å². The molecule has 6 nitrogen and oxygen atoms in total. The first-order valence-electron chi connectivity index (χ1n) is 21.2. The van der Waals surface area contributed by atoms with E-state index in [0.29, 0.717) is 28.2 Å². The molecular weight excluding hydrogens is 918 g/mol. The number of nitrogens with zero attached hydrogens (tertiary/aromatic N) is 5. The summed E-state index contributed by atoms with van der Waals surface area (Å²) in [5.74, 6) is 1.73. The Labute approximate surface area is 367 Å². The molecule has 0 atom stereocenters. The molecule has 0 amide bonds. The van der Waals surface area contributed by atoms with Crippen molar-refractivity contribution >= 4 is 54.6 Å². The first-order valence-corrected chi connectivity index (χ1v) is 19.7. The molecule has 0 aliphatic rings. The van der Waals surface area contributed by atoms with Gasteiger partial charge in [-0.05, 0) is 58.3 Å². The summed E-state index contributed by atoms with van der Waals surface area (Å²) in [6.45, 7) is 4.22. The molecule has 0 saturated carbocycles. The van der Waals surface area contributed by atoms with Gasteiger partial charge in [0.15, 0.2) is 0 Å². The fourth-order valence-electron chi connectivity index (χ4n) is 8.47. The molecule has 0 aliphatic heterocycles. The fraction of sp³-hybridized carbons (Fsp3) is 0.0943. The molecule has 60 heavy (non-hydrogen) atoms. The standard InChI is InChI=1S/C53H39N5O.Pt/c1-53(2,3)36-28-29-54-51(31-36)58-47-27-24-35(41-19-13-20-44-42-18-8-9-21-46(42)57(52(41)44)37-14-6-5-7-15-37)30-45(47)43-26-25-40(33-50(43)58)59-39-17-12-16-38(32-39)56-34-55(4)48-22-10-11-23-49(48)56;/h5-31H,1-4H3;/q-2;/i4D3;. The molecule has 0 radical (unpaired) electrons. The number of aryl methyl sites for hydroxylation is 1. The number of aromatic nitrogens is 5. The van der Waals surface area contributed by atoms with Crippen LogP contribution in [0.5, 0.6) is 11.5 Å². The van der Waals surface area contributed by atoms with Crippen LogP contribution in [0.1, 0.15) is 30.4 Å². The third-order valence-electron chi connectivity index (χ3n) is 11.3. The van der Waals surface area contributed by atoms with Gasteiger partial charge in [-0.2, -0.15) is 18.2 Å². The van der Waals surface area contributed by atoms with E-state index >= 15 is 0 Å². The molecule has 0 N–H and O–H groups in total. The number of imidazole rings is 1. The second-order valence-electron chi connectivity index (χ2n) is 16.0. The van der Waals surface area contributed by atoms with Gasteiger partial charge in [0.2, 0.25) is 6.33 Å². The molecule has 7 heteroatoms. The zero-order valence-electron chi connectivity index (χ0n) is 36.0. The van der Waals surface area contributed by atoms with Crippen LogP contribution in [0.25, 0.3) is 83.0 Å². The minimum Gasteiger partial charge on any atom is -0.510 e. The molecule has 294 valence electrons. The van der Waals surface area contributed by atoms with Crippen LogP contribution in [0.2, 0.25) is 0 Å². The zero-order chi connectivity index (χ0) is 42.3. The van der Waals surface area contributed by atoms with Gasteiger partial charge in [0.1, 0.15) is 5.82 Å². The Balaban J connectivity index is 0.00000471. The van der Waals surface area contributed by atoms with E-state index in [4.69, 9.17) is 13.8 Å². The van der Waals surface area contributed by atoms with E-state index in [9.17, 15) is 0 Å². The second kappa shape index (κ2) is 14.5. The van der Waals surface area contributed by atoms with Crippen molar-refractivity contribution in [2.75, 3.05) is 0 Å². The maximum atomic E-state index is 8.10. The van der Waals surface area contributed by atoms with E-state index in [1.807, 2.05) is 48.7 Å². The van der Waals surface area contributed by atoms with Crippen LogP contribution in [-0.4, -0.2) is 18.7 Å². The Morgan fingerprint density at radius 3 is 2.23 bits per heavy atom. The van der Waals surface area contributed by atoms with Gasteiger partial charge in [0.05, 0.1) is 33.2 Å². The van der Waals surface area contributed by atoms with E-state index in [1.165, 1.54) is 20.9 Å². The number of fused-ring (bicyclic) bond motifs is 7. The molecule has 0 bridgehead atoms. The summed E-state index contributed by atoms with van der Waals surface area (Å²) in [5.41, 5.74) is 10.4. The minimum atomic E-state index is -2.40. The van der Waals surface area contributed by atoms with Crippen LogP contribution >= 0.6 is 0 Å². The molecule has 0 fully saturated rings. The van der Waals surface area contributed by atoms with Gasteiger partial charge in [-0.1, -0.05) is 123 Å². The molecule has 4 aromatic heterocycles.